The number of piperazine rings is 1. The lowest BCUT2D eigenvalue weighted by molar-refractivity contribution is -0.132. The van der Waals surface area contributed by atoms with Gasteiger partial charge in [0.2, 0.25) is 5.91 Å². The molecule has 3 fully saturated rings. The Labute approximate surface area is 145 Å². The van der Waals surface area contributed by atoms with Crippen LogP contribution in [0.15, 0.2) is 0 Å². The minimum atomic E-state index is 0.0612. The first-order chi connectivity index (χ1) is 11.7. The number of hydrogen-bond acceptors (Lipinski definition) is 3. The zero-order valence-corrected chi connectivity index (χ0v) is 14.8. The molecular formula is C18H32N4O2. The second-order valence-corrected chi connectivity index (χ2v) is 7.45. The van der Waals surface area contributed by atoms with Gasteiger partial charge >= 0.3 is 6.03 Å². The van der Waals surface area contributed by atoms with Gasteiger partial charge in [-0.25, -0.2) is 4.79 Å². The van der Waals surface area contributed by atoms with Crippen molar-refractivity contribution in [1.29, 1.82) is 0 Å². The fourth-order valence-electron chi connectivity index (χ4n) is 4.09. The number of nitrogens with zero attached hydrogens (tertiary/aromatic N) is 3. The van der Waals surface area contributed by atoms with Gasteiger partial charge in [-0.1, -0.05) is 19.3 Å². The van der Waals surface area contributed by atoms with Crippen molar-refractivity contribution in [3.8, 4) is 0 Å². The predicted octanol–water partition coefficient (Wildman–Crippen LogP) is 1.66. The first-order valence-corrected chi connectivity index (χ1v) is 9.78. The number of likely N-dealkylation sites (tertiary alicyclic amines) is 1. The summed E-state index contributed by atoms with van der Waals surface area (Å²) in [4.78, 5) is 30.9. The van der Waals surface area contributed by atoms with Crippen LogP contribution in [0.3, 0.4) is 0 Å². The zero-order chi connectivity index (χ0) is 16.8. The lowest BCUT2D eigenvalue weighted by Gasteiger charge is -2.36. The summed E-state index contributed by atoms with van der Waals surface area (Å²) < 4.78 is 0. The monoisotopic (exact) mass is 336 g/mol. The molecule has 3 rings (SSSR count). The van der Waals surface area contributed by atoms with Gasteiger partial charge < -0.3 is 20.0 Å². The van der Waals surface area contributed by atoms with E-state index in [9.17, 15) is 9.59 Å². The van der Waals surface area contributed by atoms with Crippen LogP contribution < -0.4 is 5.32 Å². The van der Waals surface area contributed by atoms with Crippen molar-refractivity contribution < 1.29 is 9.59 Å². The summed E-state index contributed by atoms with van der Waals surface area (Å²) in [7, 11) is 0. The van der Waals surface area contributed by atoms with Gasteiger partial charge in [-0.05, 0) is 38.8 Å². The molecule has 1 saturated carbocycles. The van der Waals surface area contributed by atoms with E-state index in [-0.39, 0.29) is 11.9 Å². The standard InChI is InChI=1S/C18H32N4O2/c23-17(8-11-20-9-4-5-10-20)21-12-14-22(15-13-21)18(24)19-16-6-2-1-3-7-16/h16H,1-15H2,(H,19,24). The topological polar surface area (TPSA) is 55.9 Å². The average Bonchev–Trinajstić information content (AvgIpc) is 3.14. The summed E-state index contributed by atoms with van der Waals surface area (Å²) in [6.07, 6.45) is 9.13. The van der Waals surface area contributed by atoms with Crippen molar-refractivity contribution in [2.24, 2.45) is 0 Å². The smallest absolute Gasteiger partial charge is 0.317 e. The molecule has 6 nitrogen and oxygen atoms in total. The van der Waals surface area contributed by atoms with E-state index in [0.717, 1.165) is 32.5 Å². The molecule has 0 aromatic carbocycles. The maximum Gasteiger partial charge on any atom is 0.317 e. The van der Waals surface area contributed by atoms with E-state index in [1.165, 1.54) is 32.1 Å². The van der Waals surface area contributed by atoms with Crippen LogP contribution in [-0.2, 0) is 4.79 Å². The van der Waals surface area contributed by atoms with Gasteiger partial charge in [-0.2, -0.15) is 0 Å². The number of carbonyl (C=O) groups excluding carboxylic acids is 2. The molecule has 2 aliphatic heterocycles. The summed E-state index contributed by atoms with van der Waals surface area (Å²) >= 11 is 0. The highest BCUT2D eigenvalue weighted by Crippen LogP contribution is 2.18. The van der Waals surface area contributed by atoms with E-state index < -0.39 is 0 Å². The van der Waals surface area contributed by atoms with Crippen LogP contribution in [0.5, 0.6) is 0 Å². The molecule has 2 saturated heterocycles. The fourth-order valence-corrected chi connectivity index (χ4v) is 4.09. The third-order valence-electron chi connectivity index (χ3n) is 5.69. The van der Waals surface area contributed by atoms with Gasteiger partial charge in [0, 0.05) is 45.2 Å². The molecular weight excluding hydrogens is 304 g/mol. The van der Waals surface area contributed by atoms with Crippen molar-refractivity contribution in [3.05, 3.63) is 0 Å². The number of rotatable bonds is 4. The summed E-state index contributed by atoms with van der Waals surface area (Å²) in [6, 6.07) is 0.414. The van der Waals surface area contributed by atoms with E-state index >= 15 is 0 Å². The van der Waals surface area contributed by atoms with Crippen LogP contribution in [0, 0.1) is 0 Å². The average molecular weight is 336 g/mol. The second-order valence-electron chi connectivity index (χ2n) is 7.45. The summed E-state index contributed by atoms with van der Waals surface area (Å²) in [5.41, 5.74) is 0. The van der Waals surface area contributed by atoms with E-state index in [1.807, 2.05) is 9.80 Å². The molecule has 0 unspecified atom stereocenters. The molecule has 0 bridgehead atoms. The second kappa shape index (κ2) is 8.70. The Hall–Kier alpha value is -1.30. The first-order valence-electron chi connectivity index (χ1n) is 9.78. The van der Waals surface area contributed by atoms with Crippen LogP contribution in [-0.4, -0.2) is 78.5 Å². The Balaban J connectivity index is 1.35. The molecule has 136 valence electrons. The molecule has 3 aliphatic rings. The third-order valence-corrected chi connectivity index (χ3v) is 5.69. The number of nitrogens with one attached hydrogen (secondary N) is 1. The quantitative estimate of drug-likeness (QED) is 0.849. The molecule has 0 aromatic rings. The van der Waals surface area contributed by atoms with Crippen LogP contribution >= 0.6 is 0 Å². The molecule has 2 heterocycles. The molecule has 1 N–H and O–H groups in total. The Morgan fingerprint density at radius 1 is 0.792 bits per heavy atom. The van der Waals surface area contributed by atoms with E-state index in [4.69, 9.17) is 0 Å². The number of amides is 3. The molecule has 3 amide bonds. The van der Waals surface area contributed by atoms with Gasteiger partial charge in [0.05, 0.1) is 0 Å². The third kappa shape index (κ3) is 4.85. The summed E-state index contributed by atoms with van der Waals surface area (Å²) in [5, 5.41) is 3.17. The number of hydrogen-bond donors (Lipinski definition) is 1. The van der Waals surface area contributed by atoms with Gasteiger partial charge in [0.15, 0.2) is 0 Å². The molecule has 0 spiro atoms. The van der Waals surface area contributed by atoms with E-state index in [1.54, 1.807) is 0 Å². The van der Waals surface area contributed by atoms with E-state index in [0.29, 0.717) is 38.6 Å². The Morgan fingerprint density at radius 3 is 2.08 bits per heavy atom. The van der Waals surface area contributed by atoms with Crippen LogP contribution in [0.4, 0.5) is 4.79 Å². The maximum absolute atomic E-state index is 12.3. The number of urea groups is 1. The largest absolute Gasteiger partial charge is 0.339 e. The van der Waals surface area contributed by atoms with Gasteiger partial charge in [-0.15, -0.1) is 0 Å². The predicted molar refractivity (Wildman–Crippen MR) is 93.8 cm³/mol. The summed E-state index contributed by atoms with van der Waals surface area (Å²) in [5.74, 6) is 0.245. The highest BCUT2D eigenvalue weighted by atomic mass is 16.2. The van der Waals surface area contributed by atoms with Crippen LogP contribution in [0.1, 0.15) is 51.4 Å². The van der Waals surface area contributed by atoms with Gasteiger partial charge in [0.25, 0.3) is 0 Å². The number of carbonyl (C=O) groups is 2. The van der Waals surface area contributed by atoms with E-state index in [2.05, 4.69) is 10.2 Å². The highest BCUT2D eigenvalue weighted by Gasteiger charge is 2.26. The molecule has 24 heavy (non-hydrogen) atoms. The van der Waals surface area contributed by atoms with Gasteiger partial charge in [0.1, 0.15) is 0 Å². The minimum absolute atomic E-state index is 0.0612. The Kier molecular flexibility index (Phi) is 6.35. The van der Waals surface area contributed by atoms with Crippen molar-refractivity contribution in [3.63, 3.8) is 0 Å². The molecule has 0 aromatic heterocycles. The lowest BCUT2D eigenvalue weighted by Crippen LogP contribution is -2.54. The molecule has 0 atom stereocenters. The Morgan fingerprint density at radius 2 is 1.42 bits per heavy atom. The molecule has 6 heteroatoms. The lowest BCUT2D eigenvalue weighted by atomic mass is 9.96. The molecule has 1 aliphatic carbocycles. The van der Waals surface area contributed by atoms with Crippen LogP contribution in [0.2, 0.25) is 0 Å². The Bertz CT molecular complexity index is 423. The van der Waals surface area contributed by atoms with Gasteiger partial charge in [-0.3, -0.25) is 4.79 Å². The maximum atomic E-state index is 12.3. The zero-order valence-electron chi connectivity index (χ0n) is 14.8. The van der Waals surface area contributed by atoms with Crippen LogP contribution in [0.25, 0.3) is 0 Å². The molecule has 0 radical (unpaired) electrons. The normalized spacial score (nSPS) is 23.5. The van der Waals surface area contributed by atoms with Crippen molar-refractivity contribution >= 4 is 11.9 Å². The summed E-state index contributed by atoms with van der Waals surface area (Å²) in [6.45, 7) is 5.85. The minimum Gasteiger partial charge on any atom is -0.339 e. The van der Waals surface area contributed by atoms with Crippen molar-refractivity contribution in [2.75, 3.05) is 45.8 Å². The fraction of sp³-hybridized carbons (Fsp3) is 0.889. The first kappa shape index (κ1) is 17.5. The van der Waals surface area contributed by atoms with Crippen molar-refractivity contribution in [1.82, 2.24) is 20.0 Å². The SMILES string of the molecule is O=C(CCN1CCCC1)N1CCN(C(=O)NC2CCCCC2)CC1. The highest BCUT2D eigenvalue weighted by molar-refractivity contribution is 5.78. The van der Waals surface area contributed by atoms with Crippen molar-refractivity contribution in [2.45, 2.75) is 57.4 Å².